The summed E-state index contributed by atoms with van der Waals surface area (Å²) < 4.78 is 10.9. The van der Waals surface area contributed by atoms with Crippen LogP contribution in [0.25, 0.3) is 0 Å². The minimum absolute atomic E-state index is 0. The van der Waals surface area contributed by atoms with Gasteiger partial charge in [-0.25, -0.2) is 0 Å². The molecule has 0 radical (unpaired) electrons. The summed E-state index contributed by atoms with van der Waals surface area (Å²) in [6, 6.07) is 3.98. The number of morpholine rings is 1. The van der Waals surface area contributed by atoms with Crippen molar-refractivity contribution in [3.63, 3.8) is 0 Å². The zero-order valence-electron chi connectivity index (χ0n) is 17.4. The molecule has 2 aliphatic heterocycles. The number of piperidine rings is 1. The molecule has 2 aliphatic rings. The zero-order valence-corrected chi connectivity index (χ0v) is 19.8. The van der Waals surface area contributed by atoms with Crippen molar-refractivity contribution in [3.8, 4) is 0 Å². The second kappa shape index (κ2) is 12.7. The molecule has 28 heavy (non-hydrogen) atoms. The van der Waals surface area contributed by atoms with Gasteiger partial charge in [0.25, 0.3) is 0 Å². The van der Waals surface area contributed by atoms with E-state index in [4.69, 9.17) is 14.1 Å². The number of likely N-dealkylation sites (tertiary alicyclic amines) is 1. The van der Waals surface area contributed by atoms with Crippen LogP contribution in [0.3, 0.4) is 0 Å². The molecular formula is C21H37IN4O2. The van der Waals surface area contributed by atoms with E-state index in [9.17, 15) is 0 Å². The first-order valence-corrected chi connectivity index (χ1v) is 10.6. The van der Waals surface area contributed by atoms with E-state index >= 15 is 0 Å². The molecule has 0 spiro atoms. The molecule has 7 heteroatoms. The third-order valence-electron chi connectivity index (χ3n) is 5.87. The Morgan fingerprint density at radius 1 is 1.21 bits per heavy atom. The van der Waals surface area contributed by atoms with Crippen LogP contribution in [0, 0.1) is 11.8 Å². The van der Waals surface area contributed by atoms with Crippen LogP contribution < -0.4 is 5.32 Å². The normalized spacial score (nSPS) is 24.1. The number of halogens is 1. The summed E-state index contributed by atoms with van der Waals surface area (Å²) in [6.07, 6.45) is 4.97. The molecule has 1 N–H and O–H groups in total. The fourth-order valence-corrected chi connectivity index (χ4v) is 3.78. The summed E-state index contributed by atoms with van der Waals surface area (Å²) in [5.74, 6) is 3.60. The van der Waals surface area contributed by atoms with Gasteiger partial charge in [0, 0.05) is 52.2 Å². The Labute approximate surface area is 187 Å². The molecule has 0 aromatic carbocycles. The molecule has 6 nitrogen and oxygen atoms in total. The van der Waals surface area contributed by atoms with E-state index < -0.39 is 0 Å². The standard InChI is InChI=1S/C21H36N4O2.HI/c1-18-7-11-25(17-19(18)2)21(23-9-6-20-5-3-14-27-20)22-8-4-10-24-12-15-26-16-13-24;/h3,5,14,18-19H,4,6-13,15-17H2,1-2H3,(H,22,23);1H. The van der Waals surface area contributed by atoms with Gasteiger partial charge in [-0.2, -0.15) is 0 Å². The van der Waals surface area contributed by atoms with Crippen molar-refractivity contribution in [3.05, 3.63) is 24.2 Å². The molecule has 0 aliphatic carbocycles. The van der Waals surface area contributed by atoms with Gasteiger partial charge in [0.1, 0.15) is 5.76 Å². The first-order chi connectivity index (χ1) is 13.2. The van der Waals surface area contributed by atoms with Crippen molar-refractivity contribution in [2.75, 3.05) is 59.0 Å². The Kier molecular flexibility index (Phi) is 10.6. The second-order valence-electron chi connectivity index (χ2n) is 7.96. The van der Waals surface area contributed by atoms with Gasteiger partial charge >= 0.3 is 0 Å². The van der Waals surface area contributed by atoms with Crippen LogP contribution >= 0.6 is 24.0 Å². The highest BCUT2D eigenvalue weighted by atomic mass is 127. The number of aliphatic imine (C=N–C) groups is 1. The lowest BCUT2D eigenvalue weighted by Gasteiger charge is -2.37. The molecule has 2 fully saturated rings. The predicted molar refractivity (Wildman–Crippen MR) is 125 cm³/mol. The van der Waals surface area contributed by atoms with Crippen molar-refractivity contribution in [2.45, 2.75) is 33.1 Å². The third kappa shape index (κ3) is 7.55. The number of hydrogen-bond donors (Lipinski definition) is 1. The van der Waals surface area contributed by atoms with Crippen LogP contribution in [0.4, 0.5) is 0 Å². The molecule has 2 atom stereocenters. The maximum absolute atomic E-state index is 5.45. The minimum atomic E-state index is 0. The van der Waals surface area contributed by atoms with Crippen LogP contribution in [-0.4, -0.2) is 74.8 Å². The van der Waals surface area contributed by atoms with Gasteiger partial charge < -0.3 is 19.4 Å². The predicted octanol–water partition coefficient (Wildman–Crippen LogP) is 3.09. The average Bonchev–Trinajstić information content (AvgIpc) is 3.20. The van der Waals surface area contributed by atoms with Gasteiger partial charge in [-0.15, -0.1) is 24.0 Å². The zero-order chi connectivity index (χ0) is 18.9. The second-order valence-corrected chi connectivity index (χ2v) is 7.96. The summed E-state index contributed by atoms with van der Waals surface area (Å²) >= 11 is 0. The SMILES string of the molecule is CC1CCN(C(=NCCCN2CCOCC2)NCCc2ccco2)CC1C.I. The van der Waals surface area contributed by atoms with Gasteiger partial charge in [-0.05, 0) is 36.8 Å². The molecule has 0 saturated carbocycles. The van der Waals surface area contributed by atoms with Crippen molar-refractivity contribution < 1.29 is 9.15 Å². The minimum Gasteiger partial charge on any atom is -0.469 e. The monoisotopic (exact) mass is 504 g/mol. The Morgan fingerprint density at radius 2 is 2.04 bits per heavy atom. The Bertz CT molecular complexity index is 561. The quantitative estimate of drug-likeness (QED) is 0.268. The van der Waals surface area contributed by atoms with Crippen LogP contribution in [-0.2, 0) is 11.2 Å². The highest BCUT2D eigenvalue weighted by molar-refractivity contribution is 14.0. The van der Waals surface area contributed by atoms with Gasteiger partial charge in [0.15, 0.2) is 5.96 Å². The fraction of sp³-hybridized carbons (Fsp3) is 0.762. The van der Waals surface area contributed by atoms with Crippen LogP contribution in [0.1, 0.15) is 32.4 Å². The van der Waals surface area contributed by atoms with E-state index in [1.807, 2.05) is 12.1 Å². The molecule has 2 unspecified atom stereocenters. The van der Waals surface area contributed by atoms with Crippen molar-refractivity contribution in [2.24, 2.45) is 16.8 Å². The Balaban J connectivity index is 0.00000280. The molecule has 2 saturated heterocycles. The maximum atomic E-state index is 5.45. The van der Waals surface area contributed by atoms with Gasteiger partial charge in [-0.3, -0.25) is 9.89 Å². The smallest absolute Gasteiger partial charge is 0.193 e. The molecule has 0 amide bonds. The molecule has 160 valence electrons. The number of ether oxygens (including phenoxy) is 1. The first kappa shape index (κ1) is 23.5. The lowest BCUT2D eigenvalue weighted by atomic mass is 9.89. The number of nitrogens with one attached hydrogen (secondary N) is 1. The third-order valence-corrected chi connectivity index (χ3v) is 5.87. The van der Waals surface area contributed by atoms with E-state index in [1.54, 1.807) is 6.26 Å². The van der Waals surface area contributed by atoms with Gasteiger partial charge in [-0.1, -0.05) is 13.8 Å². The fourth-order valence-electron chi connectivity index (χ4n) is 3.78. The molecule has 1 aromatic rings. The Hall–Kier alpha value is -0.800. The highest BCUT2D eigenvalue weighted by Gasteiger charge is 2.24. The topological polar surface area (TPSA) is 53.2 Å². The number of furan rings is 1. The van der Waals surface area contributed by atoms with E-state index in [0.29, 0.717) is 5.92 Å². The largest absolute Gasteiger partial charge is 0.469 e. The molecule has 3 heterocycles. The summed E-state index contributed by atoms with van der Waals surface area (Å²) in [4.78, 5) is 9.88. The highest BCUT2D eigenvalue weighted by Crippen LogP contribution is 2.22. The van der Waals surface area contributed by atoms with Crippen molar-refractivity contribution >= 4 is 29.9 Å². The number of rotatable bonds is 7. The average molecular weight is 504 g/mol. The number of nitrogens with zero attached hydrogens (tertiary/aromatic N) is 3. The first-order valence-electron chi connectivity index (χ1n) is 10.6. The van der Waals surface area contributed by atoms with Crippen molar-refractivity contribution in [1.82, 2.24) is 15.1 Å². The number of guanidine groups is 1. The van der Waals surface area contributed by atoms with E-state index in [-0.39, 0.29) is 24.0 Å². The van der Waals surface area contributed by atoms with Crippen molar-refractivity contribution in [1.29, 1.82) is 0 Å². The van der Waals surface area contributed by atoms with E-state index in [1.165, 1.54) is 6.42 Å². The summed E-state index contributed by atoms with van der Waals surface area (Å²) in [7, 11) is 0. The Morgan fingerprint density at radius 3 is 2.75 bits per heavy atom. The maximum Gasteiger partial charge on any atom is 0.193 e. The molecule has 0 bridgehead atoms. The molecule has 1 aromatic heterocycles. The van der Waals surface area contributed by atoms with Crippen LogP contribution in [0.15, 0.2) is 27.8 Å². The molecule has 3 rings (SSSR count). The molecular weight excluding hydrogens is 467 g/mol. The lowest BCUT2D eigenvalue weighted by Crippen LogP contribution is -2.48. The van der Waals surface area contributed by atoms with Crippen LogP contribution in [0.2, 0.25) is 0 Å². The van der Waals surface area contributed by atoms with Gasteiger partial charge in [0.2, 0.25) is 0 Å². The summed E-state index contributed by atoms with van der Waals surface area (Å²) in [6.45, 7) is 13.6. The lowest BCUT2D eigenvalue weighted by molar-refractivity contribution is 0.0377. The van der Waals surface area contributed by atoms with Gasteiger partial charge in [0.05, 0.1) is 19.5 Å². The van der Waals surface area contributed by atoms with Crippen LogP contribution in [0.5, 0.6) is 0 Å². The van der Waals surface area contributed by atoms with E-state index in [2.05, 4.69) is 29.0 Å². The van der Waals surface area contributed by atoms with E-state index in [0.717, 1.165) is 89.5 Å². The summed E-state index contributed by atoms with van der Waals surface area (Å²) in [5, 5.41) is 3.58. The number of hydrogen-bond acceptors (Lipinski definition) is 4. The summed E-state index contributed by atoms with van der Waals surface area (Å²) in [5.41, 5.74) is 0.